The first-order valence-corrected chi connectivity index (χ1v) is 7.65. The van der Waals surface area contributed by atoms with Crippen LogP contribution in [0.1, 0.15) is 11.1 Å². The second-order valence-electron chi connectivity index (χ2n) is 5.47. The number of fused-ring (bicyclic) bond motifs is 2. The molecular weight excluding hydrogens is 302 g/mol. The van der Waals surface area contributed by atoms with Crippen molar-refractivity contribution < 1.29 is 14.3 Å². The summed E-state index contributed by atoms with van der Waals surface area (Å²) in [6, 6.07) is 13.6. The van der Waals surface area contributed by atoms with Crippen LogP contribution in [-0.4, -0.2) is 17.6 Å². The number of nitrogens with one attached hydrogen (secondary N) is 1. The van der Waals surface area contributed by atoms with Crippen molar-refractivity contribution in [1.82, 2.24) is 4.98 Å². The van der Waals surface area contributed by atoms with Crippen molar-refractivity contribution in [3.8, 4) is 11.5 Å². The topological polar surface area (TPSA) is 51.3 Å². The summed E-state index contributed by atoms with van der Waals surface area (Å²) in [5.41, 5.74) is 2.95. The molecule has 1 aromatic heterocycles. The van der Waals surface area contributed by atoms with E-state index in [1.165, 1.54) is 0 Å². The molecule has 1 aliphatic heterocycles. The first kappa shape index (κ1) is 14.3. The summed E-state index contributed by atoms with van der Waals surface area (Å²) in [7, 11) is 0. The molecule has 0 unspecified atom stereocenters. The van der Waals surface area contributed by atoms with E-state index in [1.54, 1.807) is 18.2 Å². The maximum Gasteiger partial charge on any atom is 0.231 e. The Kier molecular flexibility index (Phi) is 3.63. The lowest BCUT2D eigenvalue weighted by atomic mass is 10.1. The minimum Gasteiger partial charge on any atom is -0.454 e. The van der Waals surface area contributed by atoms with Crippen LogP contribution in [0.4, 0.5) is 0 Å². The molecule has 1 aliphatic rings. The normalized spacial score (nSPS) is 13.3. The van der Waals surface area contributed by atoms with Gasteiger partial charge in [-0.05, 0) is 47.6 Å². The molecule has 0 saturated carbocycles. The quantitative estimate of drug-likeness (QED) is 0.734. The van der Waals surface area contributed by atoms with E-state index in [9.17, 15) is 4.79 Å². The van der Waals surface area contributed by atoms with Crippen LogP contribution in [-0.2, 0) is 4.79 Å². The second kappa shape index (κ2) is 6.08. The SMILES string of the molecule is O=C(/C=C/c1ccc2c(c1)OCO2)/C=C/c1c[nH]c2ccccc12. The van der Waals surface area contributed by atoms with E-state index < -0.39 is 0 Å². The van der Waals surface area contributed by atoms with Crippen molar-refractivity contribution in [1.29, 1.82) is 0 Å². The Bertz CT molecular complexity index is 966. The molecule has 2 heterocycles. The van der Waals surface area contributed by atoms with E-state index in [0.29, 0.717) is 5.75 Å². The summed E-state index contributed by atoms with van der Waals surface area (Å²) in [6.45, 7) is 0.245. The van der Waals surface area contributed by atoms with E-state index in [1.807, 2.05) is 54.7 Å². The molecule has 0 radical (unpaired) electrons. The maximum atomic E-state index is 12.0. The van der Waals surface area contributed by atoms with Crippen LogP contribution >= 0.6 is 0 Å². The smallest absolute Gasteiger partial charge is 0.231 e. The van der Waals surface area contributed by atoms with Gasteiger partial charge in [-0.15, -0.1) is 0 Å². The van der Waals surface area contributed by atoms with Crippen molar-refractivity contribution in [3.63, 3.8) is 0 Å². The molecule has 3 aromatic rings. The van der Waals surface area contributed by atoms with Crippen LogP contribution < -0.4 is 9.47 Å². The van der Waals surface area contributed by atoms with Crippen LogP contribution in [0.15, 0.2) is 60.8 Å². The lowest BCUT2D eigenvalue weighted by Gasteiger charge is -1.97. The van der Waals surface area contributed by atoms with Crippen molar-refractivity contribution in [2.75, 3.05) is 6.79 Å². The number of aromatic amines is 1. The van der Waals surface area contributed by atoms with E-state index in [0.717, 1.165) is 27.8 Å². The Morgan fingerprint density at radius 3 is 2.79 bits per heavy atom. The minimum absolute atomic E-state index is 0.0713. The fraction of sp³-hybridized carbons (Fsp3) is 0.0500. The largest absolute Gasteiger partial charge is 0.454 e. The van der Waals surface area contributed by atoms with E-state index in [2.05, 4.69) is 4.98 Å². The number of para-hydroxylation sites is 1. The van der Waals surface area contributed by atoms with E-state index in [-0.39, 0.29) is 12.6 Å². The van der Waals surface area contributed by atoms with Gasteiger partial charge in [0.05, 0.1) is 0 Å². The summed E-state index contributed by atoms with van der Waals surface area (Å²) in [4.78, 5) is 15.2. The number of hydrogen-bond acceptors (Lipinski definition) is 3. The van der Waals surface area contributed by atoms with Crippen LogP contribution in [0.3, 0.4) is 0 Å². The van der Waals surface area contributed by atoms with Crippen molar-refractivity contribution in [2.45, 2.75) is 0 Å². The molecule has 0 atom stereocenters. The van der Waals surface area contributed by atoms with E-state index in [4.69, 9.17) is 9.47 Å². The van der Waals surface area contributed by atoms with Gasteiger partial charge >= 0.3 is 0 Å². The Morgan fingerprint density at radius 2 is 1.83 bits per heavy atom. The average molecular weight is 317 g/mol. The molecule has 24 heavy (non-hydrogen) atoms. The monoisotopic (exact) mass is 317 g/mol. The zero-order valence-electron chi connectivity index (χ0n) is 12.9. The zero-order valence-corrected chi connectivity index (χ0v) is 12.9. The Balaban J connectivity index is 1.48. The fourth-order valence-corrected chi connectivity index (χ4v) is 2.65. The van der Waals surface area contributed by atoms with Crippen LogP contribution in [0.2, 0.25) is 0 Å². The molecule has 4 rings (SSSR count). The van der Waals surface area contributed by atoms with Gasteiger partial charge in [-0.2, -0.15) is 0 Å². The standard InChI is InChI=1S/C20H15NO3/c22-16(8-5-14-6-10-19-20(11-14)24-13-23-19)9-7-15-12-21-18-4-2-1-3-17(15)18/h1-12,21H,13H2/b8-5+,9-7+. The molecule has 1 N–H and O–H groups in total. The van der Waals surface area contributed by atoms with Gasteiger partial charge in [0.1, 0.15) is 0 Å². The molecule has 0 aliphatic carbocycles. The van der Waals surface area contributed by atoms with Gasteiger partial charge in [0.2, 0.25) is 6.79 Å². The second-order valence-corrected chi connectivity index (χ2v) is 5.47. The van der Waals surface area contributed by atoms with Gasteiger partial charge in [0.25, 0.3) is 0 Å². The fourth-order valence-electron chi connectivity index (χ4n) is 2.65. The number of carbonyl (C=O) groups excluding carboxylic acids is 1. The maximum absolute atomic E-state index is 12.0. The van der Waals surface area contributed by atoms with Gasteiger partial charge in [0.15, 0.2) is 17.3 Å². The van der Waals surface area contributed by atoms with Gasteiger partial charge < -0.3 is 14.5 Å². The summed E-state index contributed by atoms with van der Waals surface area (Å²) in [6.07, 6.45) is 8.60. The third kappa shape index (κ3) is 2.82. The Labute approximate surface area is 139 Å². The molecule has 0 fully saturated rings. The Hall–Kier alpha value is -3.27. The Morgan fingerprint density at radius 1 is 1.00 bits per heavy atom. The highest BCUT2D eigenvalue weighted by atomic mass is 16.7. The molecule has 0 spiro atoms. The molecule has 0 saturated heterocycles. The molecule has 2 aromatic carbocycles. The number of aromatic nitrogens is 1. The number of ether oxygens (including phenoxy) is 2. The highest BCUT2D eigenvalue weighted by Crippen LogP contribution is 2.32. The van der Waals surface area contributed by atoms with Crippen molar-refractivity contribution in [3.05, 3.63) is 71.9 Å². The number of benzene rings is 2. The van der Waals surface area contributed by atoms with Gasteiger partial charge in [-0.25, -0.2) is 0 Å². The number of H-pyrrole nitrogens is 1. The van der Waals surface area contributed by atoms with Gasteiger partial charge in [-0.1, -0.05) is 30.3 Å². The number of allylic oxidation sites excluding steroid dienone is 2. The predicted octanol–water partition coefficient (Wildman–Crippen LogP) is 4.19. The molecule has 0 bridgehead atoms. The number of ketones is 1. The summed E-state index contributed by atoms with van der Waals surface area (Å²) in [5.74, 6) is 1.37. The van der Waals surface area contributed by atoms with Gasteiger partial charge in [0, 0.05) is 17.1 Å². The van der Waals surface area contributed by atoms with Crippen LogP contribution in [0, 0.1) is 0 Å². The highest BCUT2D eigenvalue weighted by Gasteiger charge is 2.12. The molecule has 4 heteroatoms. The number of rotatable bonds is 4. The molecule has 0 amide bonds. The summed E-state index contributed by atoms with van der Waals surface area (Å²) in [5, 5.41) is 1.10. The minimum atomic E-state index is -0.0713. The third-order valence-electron chi connectivity index (χ3n) is 3.89. The third-order valence-corrected chi connectivity index (χ3v) is 3.89. The lowest BCUT2D eigenvalue weighted by Crippen LogP contribution is -1.92. The summed E-state index contributed by atoms with van der Waals surface area (Å²) >= 11 is 0. The number of carbonyl (C=O) groups is 1. The zero-order chi connectivity index (χ0) is 16.4. The highest BCUT2D eigenvalue weighted by molar-refractivity contribution is 6.05. The van der Waals surface area contributed by atoms with E-state index >= 15 is 0 Å². The summed E-state index contributed by atoms with van der Waals surface area (Å²) < 4.78 is 10.6. The van der Waals surface area contributed by atoms with Crippen LogP contribution in [0.5, 0.6) is 11.5 Å². The first-order valence-electron chi connectivity index (χ1n) is 7.65. The van der Waals surface area contributed by atoms with Crippen LogP contribution in [0.25, 0.3) is 23.1 Å². The lowest BCUT2D eigenvalue weighted by molar-refractivity contribution is -0.110. The van der Waals surface area contributed by atoms with Crippen molar-refractivity contribution in [2.24, 2.45) is 0 Å². The first-order chi connectivity index (χ1) is 11.8. The van der Waals surface area contributed by atoms with Gasteiger partial charge in [-0.3, -0.25) is 4.79 Å². The predicted molar refractivity (Wildman–Crippen MR) is 93.9 cm³/mol. The molecular formula is C20H15NO3. The molecule has 118 valence electrons. The number of hydrogen-bond donors (Lipinski definition) is 1. The average Bonchev–Trinajstić information content (AvgIpc) is 3.24. The van der Waals surface area contributed by atoms with Crippen molar-refractivity contribution >= 4 is 28.8 Å². The molecule has 4 nitrogen and oxygen atoms in total.